The first-order chi connectivity index (χ1) is 31.6. The number of aliphatic hydroxyl groups excluding tert-OH is 1. The number of nitrogens with zero attached hydrogens (tertiary/aromatic N) is 2. The summed E-state index contributed by atoms with van der Waals surface area (Å²) in [6.07, 6.45) is 22.9. The van der Waals surface area contributed by atoms with Gasteiger partial charge >= 0.3 is 0 Å². The van der Waals surface area contributed by atoms with E-state index >= 15 is 0 Å². The van der Waals surface area contributed by atoms with Gasteiger partial charge in [-0.1, -0.05) is 43.3 Å². The molecule has 0 amide bonds. The van der Waals surface area contributed by atoms with Gasteiger partial charge < -0.3 is 46.6 Å². The Bertz CT molecular complexity index is 2310. The van der Waals surface area contributed by atoms with Crippen LogP contribution in [0.4, 0.5) is 0 Å². The Kier molecular flexibility index (Phi) is 12.3. The van der Waals surface area contributed by atoms with Crippen molar-refractivity contribution in [1.82, 2.24) is 10.6 Å². The molecule has 0 radical (unpaired) electrons. The number of ether oxygens (including phenoxy) is 1. The van der Waals surface area contributed by atoms with Crippen molar-refractivity contribution in [3.63, 3.8) is 0 Å². The number of guanidine groups is 2. The van der Waals surface area contributed by atoms with Crippen molar-refractivity contribution >= 4 is 22.7 Å². The number of nitrogens with two attached hydrogens (primary N) is 2. The van der Waals surface area contributed by atoms with Crippen LogP contribution in [0.2, 0.25) is 0 Å². The first kappa shape index (κ1) is 45.7. The maximum atomic E-state index is 11.4. The number of furan rings is 1. The van der Waals surface area contributed by atoms with E-state index in [1.165, 1.54) is 40.5 Å². The zero-order valence-corrected chi connectivity index (χ0v) is 39.9. The van der Waals surface area contributed by atoms with Crippen LogP contribution in [0.15, 0.2) is 75.5 Å². The Hall–Kier alpha value is -4.06. The van der Waals surface area contributed by atoms with Crippen molar-refractivity contribution in [2.75, 3.05) is 7.05 Å². The van der Waals surface area contributed by atoms with Crippen LogP contribution in [-0.2, 0) is 24.0 Å². The van der Waals surface area contributed by atoms with Gasteiger partial charge in [0.2, 0.25) is 0 Å². The van der Waals surface area contributed by atoms with E-state index in [1.54, 1.807) is 7.05 Å². The molecule has 1 aromatic heterocycles. The van der Waals surface area contributed by atoms with E-state index in [4.69, 9.17) is 32.2 Å². The van der Waals surface area contributed by atoms with E-state index in [0.29, 0.717) is 53.7 Å². The van der Waals surface area contributed by atoms with Gasteiger partial charge in [0.25, 0.3) is 0 Å². The Labute approximate surface area is 392 Å². The lowest BCUT2D eigenvalue weighted by molar-refractivity contribution is -0.0831. The average molecular weight is 903 g/mol. The van der Waals surface area contributed by atoms with E-state index in [1.807, 2.05) is 24.7 Å². The van der Waals surface area contributed by atoms with Crippen LogP contribution in [0.3, 0.4) is 0 Å². The van der Waals surface area contributed by atoms with Gasteiger partial charge in [-0.2, -0.15) is 0 Å². The third kappa shape index (κ3) is 8.90. The third-order valence-corrected chi connectivity index (χ3v) is 19.0. The number of aliphatic imine (C=N–C) groups is 2. The SMILES string of the molecule is C=C1C[C@@]2(CC[C@@H](CC[C@@]3(O)CCC[C@H](O)C3)C2)[C@@H]2O[C@]2(C)CC[C@@H]2[C@@H]1C[C@]2(C)[C@@H]1C[C@H]([C@H](NC(N)=NC)NC(N)=N[C@@H]2CCCc3ccc4cocc4c3C2)C[C@H]1Cc1ccc(O)cc1. The second-order valence-corrected chi connectivity index (χ2v) is 23.3. The minimum absolute atomic E-state index is 0.0494. The van der Waals surface area contributed by atoms with Crippen LogP contribution in [0.5, 0.6) is 5.75 Å². The van der Waals surface area contributed by atoms with Gasteiger partial charge in [-0.05, 0) is 199 Å². The van der Waals surface area contributed by atoms with E-state index in [2.05, 4.69) is 53.7 Å². The molecule has 10 rings (SSSR count). The number of aliphatic hydroxyl groups is 2. The predicted molar refractivity (Wildman–Crippen MR) is 262 cm³/mol. The molecule has 1 aliphatic heterocycles. The first-order valence-electron chi connectivity index (χ1n) is 25.7. The van der Waals surface area contributed by atoms with Gasteiger partial charge in [-0.25, -0.2) is 4.99 Å². The van der Waals surface area contributed by atoms with Crippen LogP contribution in [-0.4, -0.2) is 69.9 Å². The minimum Gasteiger partial charge on any atom is -0.508 e. The number of aryl methyl sites for hydroxylation is 1. The number of phenols is 1. The first-order valence-corrected chi connectivity index (χ1v) is 25.7. The van der Waals surface area contributed by atoms with E-state index in [-0.39, 0.29) is 46.8 Å². The standard InChI is InChI=1S/C55H78N6O5/c1-33-27-54(21-16-35(28-54)17-22-55(64)19-6-9-42(63)29-55)49-53(3,66-49)20-18-46-44(33)30-52(46,2)47-25-39(24-38(47)23-34-10-14-41(62)15-11-34)48(60-50(56)58-4)61-51(57)59-40-8-5-7-36-12-13-37-31-65-32-45(37)43(36)26-40/h10-15,31-32,35,38-40,42,44,46-49,62-64H,1,5-9,16-30H2,2-4H3,(H3,56,58,60)(H3,57,59,61)/t35-,38+,39+,40+,42-,44+,46+,47+,48+,49+,52-,53+,54+,55-/m0/s1. The molecule has 11 heteroatoms. The fraction of sp³-hybridized carbons (Fsp3) is 0.673. The molecular weight excluding hydrogens is 825 g/mol. The molecule has 1 saturated heterocycles. The largest absolute Gasteiger partial charge is 0.508 e. The molecule has 9 N–H and O–H groups in total. The highest BCUT2D eigenvalue weighted by atomic mass is 16.6. The quantitative estimate of drug-likeness (QED) is 0.0261. The molecule has 2 aromatic carbocycles. The molecule has 6 aliphatic carbocycles. The minimum atomic E-state index is -0.720. The topological polar surface area (TPSA) is 187 Å². The summed E-state index contributed by atoms with van der Waals surface area (Å²) >= 11 is 0. The molecule has 1 spiro atoms. The second kappa shape index (κ2) is 17.8. The number of rotatable bonds is 10. The number of epoxide rings is 1. The van der Waals surface area contributed by atoms with E-state index < -0.39 is 5.60 Å². The van der Waals surface area contributed by atoms with Crippen LogP contribution in [0.1, 0.15) is 140 Å². The maximum Gasteiger partial charge on any atom is 0.190 e. The van der Waals surface area contributed by atoms with Crippen molar-refractivity contribution < 1.29 is 24.5 Å². The molecule has 66 heavy (non-hydrogen) atoms. The van der Waals surface area contributed by atoms with Gasteiger partial charge in [0.1, 0.15) is 11.9 Å². The van der Waals surface area contributed by atoms with Gasteiger partial charge in [0.05, 0.1) is 42.0 Å². The van der Waals surface area contributed by atoms with Crippen LogP contribution < -0.4 is 22.1 Å². The summed E-state index contributed by atoms with van der Waals surface area (Å²) in [4.78, 5) is 9.51. The van der Waals surface area contributed by atoms with Crippen molar-refractivity contribution in [3.05, 3.63) is 77.8 Å². The predicted octanol–water partition coefficient (Wildman–Crippen LogP) is 8.81. The van der Waals surface area contributed by atoms with Crippen LogP contribution in [0.25, 0.3) is 10.8 Å². The molecule has 11 nitrogen and oxygen atoms in total. The van der Waals surface area contributed by atoms with Crippen LogP contribution in [0, 0.1) is 46.3 Å². The summed E-state index contributed by atoms with van der Waals surface area (Å²) in [5, 5.41) is 41.5. The monoisotopic (exact) mass is 903 g/mol. The molecule has 358 valence electrons. The Morgan fingerprint density at radius 3 is 2.55 bits per heavy atom. The number of allylic oxidation sites excluding steroid dienone is 1. The number of benzene rings is 2. The van der Waals surface area contributed by atoms with Gasteiger partial charge in [-0.3, -0.25) is 4.99 Å². The van der Waals surface area contributed by atoms with Crippen molar-refractivity contribution in [1.29, 1.82) is 0 Å². The highest BCUT2D eigenvalue weighted by molar-refractivity contribution is 5.86. The number of nitrogens with one attached hydrogen (secondary N) is 2. The smallest absolute Gasteiger partial charge is 0.190 e. The van der Waals surface area contributed by atoms with E-state index in [9.17, 15) is 15.3 Å². The van der Waals surface area contributed by atoms with Gasteiger partial charge in [-0.15, -0.1) is 0 Å². The molecule has 14 atom stereocenters. The van der Waals surface area contributed by atoms with Crippen LogP contribution >= 0.6 is 0 Å². The molecule has 6 fully saturated rings. The lowest BCUT2D eigenvalue weighted by Crippen LogP contribution is -2.56. The molecular formula is C55H78N6O5. The number of aromatic hydroxyl groups is 1. The maximum absolute atomic E-state index is 11.4. The summed E-state index contributed by atoms with van der Waals surface area (Å²) in [6, 6.07) is 12.3. The summed E-state index contributed by atoms with van der Waals surface area (Å²) in [5.41, 5.74) is 18.2. The Morgan fingerprint density at radius 2 is 1.74 bits per heavy atom. The average Bonchev–Trinajstić information content (AvgIpc) is 3.59. The van der Waals surface area contributed by atoms with Gasteiger partial charge in [0, 0.05) is 29.7 Å². The summed E-state index contributed by atoms with van der Waals surface area (Å²) < 4.78 is 12.5. The van der Waals surface area contributed by atoms with Crippen molar-refractivity contribution in [3.8, 4) is 5.75 Å². The summed E-state index contributed by atoms with van der Waals surface area (Å²) in [6.45, 7) is 9.93. The molecule has 7 aliphatic rings. The van der Waals surface area contributed by atoms with Crippen molar-refractivity contribution in [2.45, 2.75) is 178 Å². The Balaban J connectivity index is 0.874. The number of hydrogen-bond acceptors (Lipinski definition) is 7. The number of fused-ring (bicyclic) bond motifs is 6. The molecule has 0 bridgehead atoms. The zero-order valence-electron chi connectivity index (χ0n) is 39.9. The summed E-state index contributed by atoms with van der Waals surface area (Å²) in [5.74, 6) is 3.77. The highest BCUT2D eigenvalue weighted by Crippen LogP contribution is 2.70. The van der Waals surface area contributed by atoms with Crippen molar-refractivity contribution in [2.24, 2.45) is 67.8 Å². The lowest BCUT2D eigenvalue weighted by atomic mass is 9.45. The molecule has 0 unspecified atom stereocenters. The number of hydrogen-bond donors (Lipinski definition) is 7. The molecule has 5 saturated carbocycles. The molecule has 3 aromatic rings. The second-order valence-electron chi connectivity index (χ2n) is 23.3. The fourth-order valence-electron chi connectivity index (χ4n) is 15.6. The summed E-state index contributed by atoms with van der Waals surface area (Å²) in [7, 11) is 1.72. The molecule has 2 heterocycles. The van der Waals surface area contributed by atoms with E-state index in [0.717, 1.165) is 115 Å². The zero-order chi connectivity index (χ0) is 46.0. The third-order valence-electron chi connectivity index (χ3n) is 19.0. The highest BCUT2D eigenvalue weighted by Gasteiger charge is 2.67. The lowest BCUT2D eigenvalue weighted by Gasteiger charge is -2.59. The fourth-order valence-corrected chi connectivity index (χ4v) is 15.6. The van der Waals surface area contributed by atoms with Gasteiger partial charge in [0.15, 0.2) is 11.9 Å². The Morgan fingerprint density at radius 1 is 0.924 bits per heavy atom. The normalized spacial score (nSPS) is 39.7. The number of phenolic OH excluding ortho intramolecular Hbond substituents is 1.